The number of carbonyl (C=O) groups is 1. The Labute approximate surface area is 88.2 Å². The summed E-state index contributed by atoms with van der Waals surface area (Å²) in [7, 11) is 0. The number of amides is 1. The van der Waals surface area contributed by atoms with Crippen molar-refractivity contribution in [1.29, 1.82) is 0 Å². The van der Waals surface area contributed by atoms with Gasteiger partial charge in [-0.1, -0.05) is 12.2 Å². The molecule has 0 aliphatic carbocycles. The number of primary amides is 1. The number of rotatable bonds is 2. The Hall–Kier alpha value is -1.68. The summed E-state index contributed by atoms with van der Waals surface area (Å²) in [6, 6.07) is 3.62. The maximum atomic E-state index is 10.9. The molecular formula is C11H13N3O. The summed E-state index contributed by atoms with van der Waals surface area (Å²) in [4.78, 5) is 14.9. The SMILES string of the molecule is NC(=O)C1C=CC(c2ccncc2)CN1. The third-order valence-electron chi connectivity index (χ3n) is 2.53. The van der Waals surface area contributed by atoms with Crippen LogP contribution < -0.4 is 11.1 Å². The lowest BCUT2D eigenvalue weighted by atomic mass is 9.95. The zero-order chi connectivity index (χ0) is 10.7. The number of hydrogen-bond donors (Lipinski definition) is 2. The molecule has 78 valence electrons. The number of nitrogens with two attached hydrogens (primary N) is 1. The van der Waals surface area contributed by atoms with Crippen LogP contribution in [0.5, 0.6) is 0 Å². The van der Waals surface area contributed by atoms with Crippen LogP contribution in [0.1, 0.15) is 11.5 Å². The van der Waals surface area contributed by atoms with E-state index in [1.165, 1.54) is 5.56 Å². The summed E-state index contributed by atoms with van der Waals surface area (Å²) in [6.45, 7) is 0.730. The second kappa shape index (κ2) is 4.23. The fourth-order valence-corrected chi connectivity index (χ4v) is 1.67. The number of nitrogens with zero attached hydrogens (tertiary/aromatic N) is 1. The third kappa shape index (κ3) is 2.22. The molecule has 1 aromatic heterocycles. The van der Waals surface area contributed by atoms with Gasteiger partial charge >= 0.3 is 0 Å². The summed E-state index contributed by atoms with van der Waals surface area (Å²) < 4.78 is 0. The van der Waals surface area contributed by atoms with Gasteiger partial charge in [0.05, 0.1) is 0 Å². The smallest absolute Gasteiger partial charge is 0.238 e. The Morgan fingerprint density at radius 1 is 1.40 bits per heavy atom. The van der Waals surface area contributed by atoms with E-state index >= 15 is 0 Å². The fourth-order valence-electron chi connectivity index (χ4n) is 1.67. The van der Waals surface area contributed by atoms with E-state index < -0.39 is 0 Å². The van der Waals surface area contributed by atoms with Gasteiger partial charge in [0.2, 0.25) is 5.91 Å². The molecule has 0 saturated heterocycles. The fraction of sp³-hybridized carbons (Fsp3) is 0.273. The minimum Gasteiger partial charge on any atom is -0.368 e. The summed E-state index contributed by atoms with van der Waals surface area (Å²) >= 11 is 0. The molecule has 0 radical (unpaired) electrons. The molecule has 1 aliphatic rings. The number of nitrogens with one attached hydrogen (secondary N) is 1. The molecule has 2 rings (SSSR count). The average Bonchev–Trinajstić information content (AvgIpc) is 2.30. The Morgan fingerprint density at radius 2 is 2.13 bits per heavy atom. The summed E-state index contributed by atoms with van der Waals surface area (Å²) in [6.07, 6.45) is 7.37. The van der Waals surface area contributed by atoms with E-state index in [0.29, 0.717) is 5.92 Å². The Balaban J connectivity index is 2.10. The molecule has 15 heavy (non-hydrogen) atoms. The van der Waals surface area contributed by atoms with Crippen LogP contribution in [0, 0.1) is 0 Å². The number of pyridine rings is 1. The molecule has 2 atom stereocenters. The first-order valence-corrected chi connectivity index (χ1v) is 4.88. The molecule has 2 unspecified atom stereocenters. The predicted molar refractivity (Wildman–Crippen MR) is 57.1 cm³/mol. The molecular weight excluding hydrogens is 190 g/mol. The van der Waals surface area contributed by atoms with Gasteiger partial charge in [-0.3, -0.25) is 9.78 Å². The maximum absolute atomic E-state index is 10.9. The van der Waals surface area contributed by atoms with Crippen LogP contribution in [-0.2, 0) is 4.79 Å². The van der Waals surface area contributed by atoms with Gasteiger partial charge in [-0.05, 0) is 17.7 Å². The van der Waals surface area contributed by atoms with Crippen LogP contribution in [0.25, 0.3) is 0 Å². The van der Waals surface area contributed by atoms with Crippen molar-refractivity contribution >= 4 is 5.91 Å². The van der Waals surface area contributed by atoms with Crippen LogP contribution in [0.2, 0.25) is 0 Å². The monoisotopic (exact) mass is 203 g/mol. The standard InChI is InChI=1S/C11H13N3O/c12-11(15)10-2-1-9(7-14-10)8-3-5-13-6-4-8/h1-6,9-10,14H,7H2,(H2,12,15). The highest BCUT2D eigenvalue weighted by Gasteiger charge is 2.19. The quantitative estimate of drug-likeness (QED) is 0.674. The number of hydrogen-bond acceptors (Lipinski definition) is 3. The number of aromatic nitrogens is 1. The van der Waals surface area contributed by atoms with Crippen molar-refractivity contribution in [1.82, 2.24) is 10.3 Å². The predicted octanol–water partition coefficient (Wildman–Crippen LogP) is 0.178. The molecule has 4 nitrogen and oxygen atoms in total. The van der Waals surface area contributed by atoms with Gasteiger partial charge in [-0.25, -0.2) is 0 Å². The van der Waals surface area contributed by atoms with Crippen molar-refractivity contribution in [2.45, 2.75) is 12.0 Å². The topological polar surface area (TPSA) is 68.0 Å². The van der Waals surface area contributed by atoms with Gasteiger partial charge in [0.1, 0.15) is 6.04 Å². The van der Waals surface area contributed by atoms with Crippen molar-refractivity contribution < 1.29 is 4.79 Å². The van der Waals surface area contributed by atoms with E-state index in [4.69, 9.17) is 5.73 Å². The maximum Gasteiger partial charge on any atom is 0.238 e. The van der Waals surface area contributed by atoms with Gasteiger partial charge < -0.3 is 11.1 Å². The van der Waals surface area contributed by atoms with Crippen LogP contribution >= 0.6 is 0 Å². The molecule has 0 fully saturated rings. The molecule has 0 spiro atoms. The van der Waals surface area contributed by atoms with Crippen LogP contribution in [0.15, 0.2) is 36.7 Å². The highest BCUT2D eigenvalue weighted by atomic mass is 16.1. The molecule has 0 saturated carbocycles. The molecule has 1 amide bonds. The largest absolute Gasteiger partial charge is 0.368 e. The molecule has 3 N–H and O–H groups in total. The van der Waals surface area contributed by atoms with Crippen molar-refractivity contribution in [3.05, 3.63) is 42.2 Å². The molecule has 1 aromatic rings. The van der Waals surface area contributed by atoms with E-state index in [1.807, 2.05) is 24.3 Å². The lowest BCUT2D eigenvalue weighted by molar-refractivity contribution is -0.119. The first-order valence-electron chi connectivity index (χ1n) is 4.88. The second-order valence-corrected chi connectivity index (χ2v) is 3.56. The van der Waals surface area contributed by atoms with Crippen LogP contribution in [0.3, 0.4) is 0 Å². The summed E-state index contributed by atoms with van der Waals surface area (Å²) in [5.41, 5.74) is 6.38. The van der Waals surface area contributed by atoms with Gasteiger partial charge in [0.25, 0.3) is 0 Å². The zero-order valence-electron chi connectivity index (χ0n) is 8.26. The van der Waals surface area contributed by atoms with E-state index in [0.717, 1.165) is 6.54 Å². The van der Waals surface area contributed by atoms with Gasteiger partial charge in [0, 0.05) is 24.9 Å². The highest BCUT2D eigenvalue weighted by Crippen LogP contribution is 2.18. The second-order valence-electron chi connectivity index (χ2n) is 3.56. The van der Waals surface area contributed by atoms with E-state index in [2.05, 4.69) is 10.3 Å². The first-order chi connectivity index (χ1) is 7.27. The molecule has 0 bridgehead atoms. The van der Waals surface area contributed by atoms with Crippen molar-refractivity contribution in [2.24, 2.45) is 5.73 Å². The molecule has 1 aliphatic heterocycles. The summed E-state index contributed by atoms with van der Waals surface area (Å²) in [5, 5.41) is 3.09. The van der Waals surface area contributed by atoms with E-state index in [1.54, 1.807) is 12.4 Å². The average molecular weight is 203 g/mol. The Kier molecular flexibility index (Phi) is 2.78. The lowest BCUT2D eigenvalue weighted by Gasteiger charge is -2.22. The minimum atomic E-state index is -0.334. The third-order valence-corrected chi connectivity index (χ3v) is 2.53. The summed E-state index contributed by atoms with van der Waals surface area (Å²) in [5.74, 6) is -0.0389. The van der Waals surface area contributed by atoms with E-state index in [9.17, 15) is 4.79 Å². The van der Waals surface area contributed by atoms with Crippen molar-refractivity contribution in [2.75, 3.05) is 6.54 Å². The van der Waals surface area contributed by atoms with Gasteiger partial charge in [-0.2, -0.15) is 0 Å². The van der Waals surface area contributed by atoms with Gasteiger partial charge in [-0.15, -0.1) is 0 Å². The number of carbonyl (C=O) groups excluding carboxylic acids is 1. The van der Waals surface area contributed by atoms with E-state index in [-0.39, 0.29) is 11.9 Å². The van der Waals surface area contributed by atoms with Gasteiger partial charge in [0.15, 0.2) is 0 Å². The highest BCUT2D eigenvalue weighted by molar-refractivity contribution is 5.82. The molecule has 0 aromatic carbocycles. The zero-order valence-corrected chi connectivity index (χ0v) is 8.26. The lowest BCUT2D eigenvalue weighted by Crippen LogP contribution is -2.43. The Morgan fingerprint density at radius 3 is 2.67 bits per heavy atom. The molecule has 4 heteroatoms. The van der Waals surface area contributed by atoms with Crippen LogP contribution in [0.4, 0.5) is 0 Å². The Bertz CT molecular complexity index is 375. The van der Waals surface area contributed by atoms with Crippen molar-refractivity contribution in [3.63, 3.8) is 0 Å². The normalized spacial score (nSPS) is 25.1. The minimum absolute atomic E-state index is 0.295. The molecule has 2 heterocycles. The van der Waals surface area contributed by atoms with Crippen LogP contribution in [-0.4, -0.2) is 23.5 Å². The van der Waals surface area contributed by atoms with Crippen molar-refractivity contribution in [3.8, 4) is 0 Å². The first kappa shape index (κ1) is 9.86.